The molecule has 2 amide bonds. The second-order valence-electron chi connectivity index (χ2n) is 7.00. The highest BCUT2D eigenvalue weighted by Gasteiger charge is 2.11. The van der Waals surface area contributed by atoms with Crippen LogP contribution in [-0.4, -0.2) is 31.4 Å². The first kappa shape index (κ1) is 21.6. The van der Waals surface area contributed by atoms with Crippen LogP contribution in [0.5, 0.6) is 0 Å². The molecule has 0 aliphatic heterocycles. The zero-order valence-electron chi connectivity index (χ0n) is 17.2. The molecule has 0 aliphatic carbocycles. The lowest BCUT2D eigenvalue weighted by atomic mass is 10.1. The maximum Gasteiger partial charge on any atom is 0.251 e. The maximum atomic E-state index is 12.2. The second kappa shape index (κ2) is 11.2. The summed E-state index contributed by atoms with van der Waals surface area (Å²) in [5, 5.41) is 5.79. The number of quaternary nitrogens is 1. The molecule has 0 unspecified atom stereocenters. The van der Waals surface area contributed by atoms with Crippen LogP contribution in [0.4, 0.5) is 0 Å². The van der Waals surface area contributed by atoms with Crippen LogP contribution in [0.3, 0.4) is 0 Å². The first-order chi connectivity index (χ1) is 13.5. The van der Waals surface area contributed by atoms with E-state index in [9.17, 15) is 9.59 Å². The van der Waals surface area contributed by atoms with E-state index in [1.165, 1.54) is 10.5 Å². The predicted octanol–water partition coefficient (Wildman–Crippen LogP) is 1.86. The first-order valence-electron chi connectivity index (χ1n) is 10.1. The van der Waals surface area contributed by atoms with Crippen LogP contribution < -0.4 is 15.5 Å². The molecule has 0 radical (unpaired) electrons. The standard InChI is InChI=1S/C23H31N3O2/c1-4-26(5-2)17-20-12-8-7-11-19(20)16-25-22(27)14-15-24-23(28)21-13-9-6-10-18(21)3/h6-13H,4-5,14-17H2,1-3H3,(H,24,28)(H,25,27)/p+1. The Kier molecular flexibility index (Phi) is 8.69. The van der Waals surface area contributed by atoms with Crippen LogP contribution in [0.15, 0.2) is 48.5 Å². The third-order valence-corrected chi connectivity index (χ3v) is 5.06. The molecule has 2 aromatic carbocycles. The molecular formula is C23H32N3O2+. The van der Waals surface area contributed by atoms with Crippen molar-refractivity contribution in [3.05, 3.63) is 70.8 Å². The quantitative estimate of drug-likeness (QED) is 0.587. The van der Waals surface area contributed by atoms with E-state index in [1.54, 1.807) is 6.07 Å². The Labute approximate surface area is 168 Å². The summed E-state index contributed by atoms with van der Waals surface area (Å²) in [7, 11) is 0. The van der Waals surface area contributed by atoms with Crippen molar-refractivity contribution in [2.45, 2.75) is 40.3 Å². The highest BCUT2D eigenvalue weighted by molar-refractivity contribution is 5.95. The smallest absolute Gasteiger partial charge is 0.251 e. The van der Waals surface area contributed by atoms with Crippen LogP contribution in [-0.2, 0) is 17.9 Å². The Bertz CT molecular complexity index is 785. The molecule has 2 rings (SSSR count). The van der Waals surface area contributed by atoms with Crippen molar-refractivity contribution >= 4 is 11.8 Å². The van der Waals surface area contributed by atoms with E-state index in [-0.39, 0.29) is 18.2 Å². The van der Waals surface area contributed by atoms with Gasteiger partial charge in [0.05, 0.1) is 13.1 Å². The SMILES string of the molecule is CC[NH+](CC)Cc1ccccc1CNC(=O)CCNC(=O)c1ccccc1C. The zero-order chi connectivity index (χ0) is 20.4. The van der Waals surface area contributed by atoms with Gasteiger partial charge in [0, 0.05) is 30.6 Å². The van der Waals surface area contributed by atoms with E-state index in [0.29, 0.717) is 18.7 Å². The minimum absolute atomic E-state index is 0.0601. The van der Waals surface area contributed by atoms with Crippen LogP contribution in [0.2, 0.25) is 0 Å². The molecule has 2 aromatic rings. The molecule has 28 heavy (non-hydrogen) atoms. The number of hydrogen-bond donors (Lipinski definition) is 3. The zero-order valence-corrected chi connectivity index (χ0v) is 17.2. The summed E-state index contributed by atoms with van der Waals surface area (Å²) in [6.45, 7) is 10.2. The van der Waals surface area contributed by atoms with Gasteiger partial charge in [-0.1, -0.05) is 42.5 Å². The molecule has 3 N–H and O–H groups in total. The lowest BCUT2D eigenvalue weighted by Crippen LogP contribution is -3.10. The van der Waals surface area contributed by atoms with E-state index < -0.39 is 0 Å². The van der Waals surface area contributed by atoms with Gasteiger partial charge in [0.2, 0.25) is 5.91 Å². The number of carbonyl (C=O) groups excluding carboxylic acids is 2. The number of benzene rings is 2. The summed E-state index contributed by atoms with van der Waals surface area (Å²) < 4.78 is 0. The van der Waals surface area contributed by atoms with E-state index in [1.807, 2.05) is 37.3 Å². The molecule has 0 aromatic heterocycles. The Balaban J connectivity index is 1.80. The number of amides is 2. The van der Waals surface area contributed by atoms with Gasteiger partial charge < -0.3 is 15.5 Å². The van der Waals surface area contributed by atoms with Crippen LogP contribution in [0, 0.1) is 6.92 Å². The molecule has 5 heteroatoms. The molecular weight excluding hydrogens is 350 g/mol. The summed E-state index contributed by atoms with van der Waals surface area (Å²) in [6.07, 6.45) is 0.265. The number of aryl methyl sites for hydroxylation is 1. The highest BCUT2D eigenvalue weighted by atomic mass is 16.2. The van der Waals surface area contributed by atoms with E-state index in [4.69, 9.17) is 0 Å². The Hall–Kier alpha value is -2.66. The maximum absolute atomic E-state index is 12.2. The number of nitrogens with one attached hydrogen (secondary N) is 3. The third-order valence-electron chi connectivity index (χ3n) is 5.06. The molecule has 0 heterocycles. The minimum Gasteiger partial charge on any atom is -0.352 e. The molecule has 0 spiro atoms. The number of rotatable bonds is 10. The summed E-state index contributed by atoms with van der Waals surface area (Å²) in [6, 6.07) is 15.7. The second-order valence-corrected chi connectivity index (χ2v) is 7.00. The monoisotopic (exact) mass is 382 g/mol. The van der Waals surface area contributed by atoms with Crippen LogP contribution in [0.25, 0.3) is 0 Å². The molecule has 5 nitrogen and oxygen atoms in total. The summed E-state index contributed by atoms with van der Waals surface area (Å²) >= 11 is 0. The van der Waals surface area contributed by atoms with Gasteiger partial charge in [0.1, 0.15) is 6.54 Å². The van der Waals surface area contributed by atoms with Crippen molar-refractivity contribution in [1.29, 1.82) is 0 Å². The van der Waals surface area contributed by atoms with Gasteiger partial charge in [-0.2, -0.15) is 0 Å². The summed E-state index contributed by atoms with van der Waals surface area (Å²) in [5.41, 5.74) is 4.00. The molecule has 0 fully saturated rings. The molecule has 150 valence electrons. The van der Waals surface area contributed by atoms with Gasteiger partial charge in [-0.05, 0) is 38.0 Å². The van der Waals surface area contributed by atoms with E-state index in [2.05, 4.69) is 36.6 Å². The van der Waals surface area contributed by atoms with Crippen molar-refractivity contribution in [2.75, 3.05) is 19.6 Å². The van der Waals surface area contributed by atoms with Crippen molar-refractivity contribution in [3.63, 3.8) is 0 Å². The first-order valence-corrected chi connectivity index (χ1v) is 10.1. The average molecular weight is 383 g/mol. The fraction of sp³-hybridized carbons (Fsp3) is 0.391. The molecule has 0 bridgehead atoms. The van der Waals surface area contributed by atoms with Gasteiger partial charge >= 0.3 is 0 Å². The molecule has 0 saturated heterocycles. The largest absolute Gasteiger partial charge is 0.352 e. The topological polar surface area (TPSA) is 62.6 Å². The lowest BCUT2D eigenvalue weighted by molar-refractivity contribution is -0.910. The minimum atomic E-state index is -0.140. The van der Waals surface area contributed by atoms with Crippen LogP contribution >= 0.6 is 0 Å². The van der Waals surface area contributed by atoms with Gasteiger partial charge in [-0.3, -0.25) is 9.59 Å². The van der Waals surface area contributed by atoms with Gasteiger partial charge in [-0.15, -0.1) is 0 Å². The summed E-state index contributed by atoms with van der Waals surface area (Å²) in [5.74, 6) is -0.200. The highest BCUT2D eigenvalue weighted by Crippen LogP contribution is 2.08. The van der Waals surface area contributed by atoms with Crippen molar-refractivity contribution in [2.24, 2.45) is 0 Å². The molecule has 0 aliphatic rings. The van der Waals surface area contributed by atoms with E-state index in [0.717, 1.165) is 30.8 Å². The number of hydrogen-bond acceptors (Lipinski definition) is 2. The van der Waals surface area contributed by atoms with Crippen LogP contribution in [0.1, 0.15) is 47.3 Å². The Morgan fingerprint density at radius 1 is 0.893 bits per heavy atom. The predicted molar refractivity (Wildman–Crippen MR) is 112 cm³/mol. The molecule has 0 atom stereocenters. The normalized spacial score (nSPS) is 10.7. The number of carbonyl (C=O) groups is 2. The van der Waals surface area contributed by atoms with E-state index >= 15 is 0 Å². The van der Waals surface area contributed by atoms with Crippen molar-refractivity contribution < 1.29 is 14.5 Å². The fourth-order valence-electron chi connectivity index (χ4n) is 3.17. The third kappa shape index (κ3) is 6.50. The van der Waals surface area contributed by atoms with Crippen molar-refractivity contribution in [3.8, 4) is 0 Å². The average Bonchev–Trinajstić information content (AvgIpc) is 2.71. The molecule has 0 saturated carbocycles. The fourth-order valence-corrected chi connectivity index (χ4v) is 3.17. The van der Waals surface area contributed by atoms with Gasteiger partial charge in [0.25, 0.3) is 5.91 Å². The van der Waals surface area contributed by atoms with Crippen molar-refractivity contribution in [1.82, 2.24) is 10.6 Å². The summed E-state index contributed by atoms with van der Waals surface area (Å²) in [4.78, 5) is 25.9. The Morgan fingerprint density at radius 2 is 1.54 bits per heavy atom. The van der Waals surface area contributed by atoms with Gasteiger partial charge in [-0.25, -0.2) is 0 Å². The lowest BCUT2D eigenvalue weighted by Gasteiger charge is -2.18. The van der Waals surface area contributed by atoms with Gasteiger partial charge in [0.15, 0.2) is 0 Å². The Morgan fingerprint density at radius 3 is 2.21 bits per heavy atom.